The third kappa shape index (κ3) is 2.28. The molecule has 0 radical (unpaired) electrons. The van der Waals surface area contributed by atoms with Gasteiger partial charge >= 0.3 is 0 Å². The van der Waals surface area contributed by atoms with Gasteiger partial charge in [-0.05, 0) is 19.9 Å². The highest BCUT2D eigenvalue weighted by molar-refractivity contribution is 6.07. The fraction of sp³-hybridized carbons (Fsp3) is 0.800. The maximum Gasteiger partial charge on any atom is 0.238 e. The lowest BCUT2D eigenvalue weighted by Gasteiger charge is -2.22. The summed E-state index contributed by atoms with van der Waals surface area (Å²) in [6.07, 6.45) is 1.35. The van der Waals surface area contributed by atoms with Crippen molar-refractivity contribution in [1.82, 2.24) is 15.5 Å². The predicted molar refractivity (Wildman–Crippen MR) is 57.3 cm³/mol. The molecule has 15 heavy (non-hydrogen) atoms. The van der Waals surface area contributed by atoms with Crippen LogP contribution in [0, 0.1) is 5.41 Å². The molecule has 1 fully saturated rings. The van der Waals surface area contributed by atoms with Crippen molar-refractivity contribution >= 4 is 11.8 Å². The Balaban J connectivity index is 2.56. The van der Waals surface area contributed by atoms with E-state index in [0.29, 0.717) is 19.4 Å². The van der Waals surface area contributed by atoms with E-state index >= 15 is 0 Å². The van der Waals surface area contributed by atoms with Crippen LogP contribution in [-0.4, -0.2) is 50.9 Å². The fourth-order valence-electron chi connectivity index (χ4n) is 1.65. The number of hydrogen-bond donors (Lipinski definition) is 2. The summed E-state index contributed by atoms with van der Waals surface area (Å²) >= 11 is 0. The van der Waals surface area contributed by atoms with Crippen LogP contribution in [0.1, 0.15) is 12.8 Å². The van der Waals surface area contributed by atoms with Gasteiger partial charge in [0.2, 0.25) is 11.8 Å². The van der Waals surface area contributed by atoms with Gasteiger partial charge in [-0.25, -0.2) is 0 Å². The van der Waals surface area contributed by atoms with Gasteiger partial charge in [-0.3, -0.25) is 9.59 Å². The zero-order valence-electron chi connectivity index (χ0n) is 9.59. The van der Waals surface area contributed by atoms with Crippen molar-refractivity contribution in [3.8, 4) is 0 Å². The highest BCUT2D eigenvalue weighted by Gasteiger charge is 2.57. The summed E-state index contributed by atoms with van der Waals surface area (Å²) < 4.78 is 0. The van der Waals surface area contributed by atoms with E-state index in [2.05, 4.69) is 10.6 Å². The molecular weight excluding hydrogens is 194 g/mol. The van der Waals surface area contributed by atoms with Crippen molar-refractivity contribution in [1.29, 1.82) is 0 Å². The van der Waals surface area contributed by atoms with Gasteiger partial charge in [0.1, 0.15) is 5.41 Å². The first-order valence-electron chi connectivity index (χ1n) is 5.21. The molecule has 1 saturated carbocycles. The number of nitrogens with zero attached hydrogens (tertiary/aromatic N) is 1. The van der Waals surface area contributed by atoms with Gasteiger partial charge < -0.3 is 15.5 Å². The van der Waals surface area contributed by atoms with E-state index in [9.17, 15) is 9.59 Å². The van der Waals surface area contributed by atoms with Crippen molar-refractivity contribution in [3.63, 3.8) is 0 Å². The van der Waals surface area contributed by atoms with Crippen molar-refractivity contribution in [2.45, 2.75) is 12.8 Å². The third-order valence-electron chi connectivity index (χ3n) is 2.87. The van der Waals surface area contributed by atoms with Gasteiger partial charge in [-0.1, -0.05) is 0 Å². The van der Waals surface area contributed by atoms with Crippen LogP contribution >= 0.6 is 0 Å². The molecule has 2 amide bonds. The number of nitrogens with one attached hydrogen (secondary N) is 2. The highest BCUT2D eigenvalue weighted by Crippen LogP contribution is 2.47. The number of likely N-dealkylation sites (N-methyl/N-ethyl adjacent to an activating group) is 2. The number of carbonyl (C=O) groups is 2. The van der Waals surface area contributed by atoms with Crippen molar-refractivity contribution in [3.05, 3.63) is 0 Å². The monoisotopic (exact) mass is 213 g/mol. The summed E-state index contributed by atoms with van der Waals surface area (Å²) in [5, 5.41) is 5.53. The number of carbonyl (C=O) groups excluding carboxylic acids is 2. The third-order valence-corrected chi connectivity index (χ3v) is 2.87. The molecule has 0 aromatic rings. The molecule has 0 aromatic carbocycles. The standard InChI is InChI=1S/C10H19N3O2/c1-11-6-7-13(3)9(15)10(4-5-10)8(14)12-2/h11H,4-7H2,1-3H3,(H,12,14). The van der Waals surface area contributed by atoms with Crippen LogP contribution in [-0.2, 0) is 9.59 Å². The number of rotatable bonds is 5. The smallest absolute Gasteiger partial charge is 0.238 e. The highest BCUT2D eigenvalue weighted by atomic mass is 16.2. The van der Waals surface area contributed by atoms with Gasteiger partial charge in [-0.15, -0.1) is 0 Å². The van der Waals surface area contributed by atoms with Crippen LogP contribution in [0.3, 0.4) is 0 Å². The van der Waals surface area contributed by atoms with Crippen LogP contribution in [0.25, 0.3) is 0 Å². The summed E-state index contributed by atoms with van der Waals surface area (Å²) in [4.78, 5) is 25.1. The molecule has 5 heteroatoms. The zero-order valence-corrected chi connectivity index (χ0v) is 9.59. The molecule has 0 saturated heterocycles. The molecule has 0 aromatic heterocycles. The molecule has 2 N–H and O–H groups in total. The Bertz CT molecular complexity index is 261. The molecule has 0 unspecified atom stereocenters. The van der Waals surface area contributed by atoms with E-state index in [1.165, 1.54) is 0 Å². The van der Waals surface area contributed by atoms with E-state index < -0.39 is 5.41 Å². The summed E-state index contributed by atoms with van der Waals surface area (Å²) in [5.41, 5.74) is -0.753. The molecule has 0 atom stereocenters. The van der Waals surface area contributed by atoms with Crippen LogP contribution in [0.5, 0.6) is 0 Å². The second kappa shape index (κ2) is 4.61. The Labute approximate surface area is 90.2 Å². The molecule has 86 valence electrons. The van der Waals surface area contributed by atoms with Crippen molar-refractivity contribution < 1.29 is 9.59 Å². The summed E-state index contributed by atoms with van der Waals surface area (Å²) in [7, 11) is 5.15. The van der Waals surface area contributed by atoms with E-state index in [4.69, 9.17) is 0 Å². The first-order valence-corrected chi connectivity index (χ1v) is 5.21. The molecule has 0 bridgehead atoms. The lowest BCUT2D eigenvalue weighted by molar-refractivity contribution is -0.143. The Morgan fingerprint density at radius 2 is 1.93 bits per heavy atom. The molecule has 5 nitrogen and oxygen atoms in total. The van der Waals surface area contributed by atoms with Crippen LogP contribution < -0.4 is 10.6 Å². The van der Waals surface area contributed by atoms with Gasteiger partial charge in [-0.2, -0.15) is 0 Å². The summed E-state index contributed by atoms with van der Waals surface area (Å²) in [6, 6.07) is 0. The van der Waals surface area contributed by atoms with Crippen LogP contribution in [0.2, 0.25) is 0 Å². The molecule has 1 aliphatic carbocycles. The average Bonchev–Trinajstić information content (AvgIpc) is 3.04. The quantitative estimate of drug-likeness (QED) is 0.587. The molecule has 0 spiro atoms. The molecule has 0 heterocycles. The largest absolute Gasteiger partial charge is 0.358 e. The van der Waals surface area contributed by atoms with E-state index in [1.807, 2.05) is 7.05 Å². The maximum atomic E-state index is 12.0. The summed E-state index contributed by atoms with van der Waals surface area (Å²) in [5.74, 6) is -0.207. The minimum Gasteiger partial charge on any atom is -0.358 e. The lowest BCUT2D eigenvalue weighted by Crippen LogP contribution is -2.44. The van der Waals surface area contributed by atoms with Crippen molar-refractivity contribution in [2.24, 2.45) is 5.41 Å². The summed E-state index contributed by atoms with van der Waals surface area (Å²) in [6.45, 7) is 1.38. The van der Waals surface area contributed by atoms with E-state index in [1.54, 1.807) is 19.0 Å². The minimum absolute atomic E-state index is 0.0582. The SMILES string of the molecule is CNCCN(C)C(=O)C1(C(=O)NC)CC1. The molecule has 1 rings (SSSR count). The second-order valence-electron chi connectivity index (χ2n) is 3.99. The molecule has 0 aliphatic heterocycles. The Morgan fingerprint density at radius 1 is 1.33 bits per heavy atom. The van der Waals surface area contributed by atoms with E-state index in [-0.39, 0.29) is 11.8 Å². The Hall–Kier alpha value is -1.10. The van der Waals surface area contributed by atoms with Crippen molar-refractivity contribution in [2.75, 3.05) is 34.2 Å². The molecule has 1 aliphatic rings. The minimum atomic E-state index is -0.753. The van der Waals surface area contributed by atoms with Gasteiger partial charge in [0.05, 0.1) is 0 Å². The van der Waals surface area contributed by atoms with Gasteiger partial charge in [0, 0.05) is 27.2 Å². The lowest BCUT2D eigenvalue weighted by atomic mass is 10.0. The number of hydrogen-bond acceptors (Lipinski definition) is 3. The second-order valence-corrected chi connectivity index (χ2v) is 3.99. The normalized spacial score (nSPS) is 17.0. The van der Waals surface area contributed by atoms with Gasteiger partial charge in [0.15, 0.2) is 0 Å². The van der Waals surface area contributed by atoms with Crippen LogP contribution in [0.15, 0.2) is 0 Å². The molecular formula is C10H19N3O2. The average molecular weight is 213 g/mol. The topological polar surface area (TPSA) is 61.4 Å². The fourth-order valence-corrected chi connectivity index (χ4v) is 1.65. The maximum absolute atomic E-state index is 12.0. The zero-order chi connectivity index (χ0) is 11.5. The Morgan fingerprint density at radius 3 is 2.33 bits per heavy atom. The first-order chi connectivity index (χ1) is 7.08. The van der Waals surface area contributed by atoms with Crippen LogP contribution in [0.4, 0.5) is 0 Å². The van der Waals surface area contributed by atoms with E-state index in [0.717, 1.165) is 6.54 Å². The Kier molecular flexibility index (Phi) is 3.68. The predicted octanol–water partition coefficient (Wildman–Crippen LogP) is -0.810. The first kappa shape index (κ1) is 12.0. The van der Waals surface area contributed by atoms with Gasteiger partial charge in [0.25, 0.3) is 0 Å². The number of amides is 2.